The summed E-state index contributed by atoms with van der Waals surface area (Å²) in [7, 11) is 0. The first kappa shape index (κ1) is 31.3. The second kappa shape index (κ2) is 15.1. The third kappa shape index (κ3) is 8.95. The molecule has 0 aromatic heterocycles. The van der Waals surface area contributed by atoms with Crippen molar-refractivity contribution in [1.29, 1.82) is 0 Å². The number of aliphatic carboxylic acids is 1. The molecule has 8 heteroatoms. The summed E-state index contributed by atoms with van der Waals surface area (Å²) in [5.74, 6) is -1.27. The van der Waals surface area contributed by atoms with Crippen molar-refractivity contribution in [3.8, 4) is 22.6 Å². The summed E-state index contributed by atoms with van der Waals surface area (Å²) in [4.78, 5) is 35.7. The molecule has 0 unspecified atom stereocenters. The number of carbonyl (C=O) groups is 3. The first-order valence-corrected chi connectivity index (χ1v) is 15.2. The molecule has 3 N–H and O–H groups in total. The van der Waals surface area contributed by atoms with Gasteiger partial charge in [0.05, 0.1) is 17.7 Å². The Bertz CT molecular complexity index is 1600. The molecular weight excluding hydrogens is 570 g/mol. The summed E-state index contributed by atoms with van der Waals surface area (Å²) in [6, 6.07) is 30.7. The quantitative estimate of drug-likeness (QED) is 0.132. The fourth-order valence-corrected chi connectivity index (χ4v) is 5.67. The van der Waals surface area contributed by atoms with Gasteiger partial charge in [-0.2, -0.15) is 0 Å². The number of ether oxygens (including phenoxy) is 2. The van der Waals surface area contributed by atoms with E-state index in [9.17, 15) is 19.5 Å². The van der Waals surface area contributed by atoms with Crippen LogP contribution in [0.2, 0.25) is 0 Å². The third-order valence-electron chi connectivity index (χ3n) is 8.07. The number of aryl methyl sites for hydroxylation is 1. The summed E-state index contributed by atoms with van der Waals surface area (Å²) in [6.45, 7) is 0.816. The Morgan fingerprint density at radius 2 is 1.49 bits per heavy atom. The number of hydrogen-bond acceptors (Lipinski definition) is 5. The minimum absolute atomic E-state index is 0.00539. The Morgan fingerprint density at radius 3 is 2.20 bits per heavy atom. The lowest BCUT2D eigenvalue weighted by Crippen LogP contribution is -2.33. The largest absolute Gasteiger partial charge is 0.493 e. The van der Waals surface area contributed by atoms with Crippen LogP contribution in [0.25, 0.3) is 11.1 Å². The molecule has 1 aliphatic carbocycles. The number of hydrogen-bond donors (Lipinski definition) is 3. The van der Waals surface area contributed by atoms with Crippen LogP contribution in [0.3, 0.4) is 0 Å². The van der Waals surface area contributed by atoms with Gasteiger partial charge in [0.1, 0.15) is 18.1 Å². The number of amides is 1. The molecule has 1 amide bonds. The van der Waals surface area contributed by atoms with E-state index in [0.29, 0.717) is 38.2 Å². The number of rotatable bonds is 14. The van der Waals surface area contributed by atoms with Gasteiger partial charge in [-0.05, 0) is 90.6 Å². The van der Waals surface area contributed by atoms with Crippen molar-refractivity contribution in [1.82, 2.24) is 5.32 Å². The highest BCUT2D eigenvalue weighted by Crippen LogP contribution is 2.29. The molecule has 0 spiro atoms. The van der Waals surface area contributed by atoms with Crippen LogP contribution in [0.1, 0.15) is 63.9 Å². The molecule has 0 aliphatic heterocycles. The highest BCUT2D eigenvalue weighted by molar-refractivity contribution is 6.00. The second-order valence-corrected chi connectivity index (χ2v) is 11.4. The van der Waals surface area contributed by atoms with Crippen LogP contribution in [0.15, 0.2) is 97.1 Å². The molecule has 0 radical (unpaired) electrons. The van der Waals surface area contributed by atoms with E-state index in [1.807, 2.05) is 42.5 Å². The van der Waals surface area contributed by atoms with Gasteiger partial charge in [-0.15, -0.1) is 0 Å². The average Bonchev–Trinajstić information content (AvgIpc) is 3.48. The maximum Gasteiger partial charge on any atom is 0.335 e. The number of benzene rings is 4. The van der Waals surface area contributed by atoms with E-state index in [0.717, 1.165) is 29.7 Å². The molecule has 0 bridgehead atoms. The van der Waals surface area contributed by atoms with Crippen molar-refractivity contribution in [3.05, 3.63) is 119 Å². The molecule has 1 aliphatic rings. The molecule has 8 nitrogen and oxygen atoms in total. The standard InChI is InChI=1S/C37H37NO7/c39-35(40)22-27-10-16-31(21-27)38-36(41)33-23-30(37(42)43)15-19-34(33)44-20-4-5-25-11-17-32(18-12-25)45-24-26-8-13-29(14-9-26)28-6-2-1-3-7-28/h1-3,6-9,11-15,17-19,23,27,31H,4-5,10,16,20-22,24H2,(H,38,41)(H,39,40)(H,42,43)/t27-,31+/m1/s1. The van der Waals surface area contributed by atoms with Gasteiger partial charge >= 0.3 is 11.9 Å². The number of carboxylic acids is 2. The number of carboxylic acid groups (broad SMARTS) is 2. The van der Waals surface area contributed by atoms with E-state index in [2.05, 4.69) is 41.7 Å². The molecule has 2 atom stereocenters. The third-order valence-corrected chi connectivity index (χ3v) is 8.07. The molecule has 4 aromatic rings. The van der Waals surface area contributed by atoms with Gasteiger partial charge in [-0.1, -0.05) is 66.7 Å². The molecular formula is C37H37NO7. The number of carbonyl (C=O) groups excluding carboxylic acids is 1. The fraction of sp³-hybridized carbons (Fsp3) is 0.270. The molecule has 1 saturated carbocycles. The van der Waals surface area contributed by atoms with Crippen LogP contribution in [0, 0.1) is 5.92 Å². The molecule has 45 heavy (non-hydrogen) atoms. The topological polar surface area (TPSA) is 122 Å². The molecule has 0 saturated heterocycles. The van der Waals surface area contributed by atoms with Gasteiger partial charge in [-0.25, -0.2) is 4.79 Å². The van der Waals surface area contributed by atoms with Crippen LogP contribution in [0.4, 0.5) is 0 Å². The zero-order valence-corrected chi connectivity index (χ0v) is 25.0. The molecule has 1 fully saturated rings. The number of aromatic carboxylic acids is 1. The van der Waals surface area contributed by atoms with E-state index in [-0.39, 0.29) is 29.5 Å². The lowest BCUT2D eigenvalue weighted by molar-refractivity contribution is -0.138. The van der Waals surface area contributed by atoms with Crippen LogP contribution in [-0.4, -0.2) is 40.7 Å². The summed E-state index contributed by atoms with van der Waals surface area (Å²) >= 11 is 0. The van der Waals surface area contributed by atoms with Gasteiger partial charge in [0.2, 0.25) is 0 Å². The predicted octanol–water partition coefficient (Wildman–Crippen LogP) is 7.02. The Kier molecular flexibility index (Phi) is 10.5. The first-order chi connectivity index (χ1) is 21.8. The van der Waals surface area contributed by atoms with Crippen LogP contribution in [0.5, 0.6) is 11.5 Å². The van der Waals surface area contributed by atoms with Crippen molar-refractivity contribution in [2.75, 3.05) is 6.61 Å². The predicted molar refractivity (Wildman–Crippen MR) is 171 cm³/mol. The fourth-order valence-electron chi connectivity index (χ4n) is 5.67. The van der Waals surface area contributed by atoms with Crippen LogP contribution in [-0.2, 0) is 17.8 Å². The summed E-state index contributed by atoms with van der Waals surface area (Å²) in [5, 5.41) is 21.4. The number of nitrogens with one attached hydrogen (secondary N) is 1. The zero-order chi connectivity index (χ0) is 31.6. The lowest BCUT2D eigenvalue weighted by Gasteiger charge is -2.16. The minimum atomic E-state index is -1.13. The van der Waals surface area contributed by atoms with Crippen LogP contribution < -0.4 is 14.8 Å². The summed E-state index contributed by atoms with van der Waals surface area (Å²) < 4.78 is 11.9. The van der Waals surface area contributed by atoms with E-state index in [1.54, 1.807) is 0 Å². The maximum atomic E-state index is 13.1. The van der Waals surface area contributed by atoms with Crippen LogP contribution >= 0.6 is 0 Å². The summed E-state index contributed by atoms with van der Waals surface area (Å²) in [5.41, 5.74) is 4.71. The normalized spacial score (nSPS) is 15.7. The van der Waals surface area contributed by atoms with Crippen molar-refractivity contribution >= 4 is 17.8 Å². The van der Waals surface area contributed by atoms with E-state index in [1.165, 1.54) is 29.3 Å². The molecule has 0 heterocycles. The van der Waals surface area contributed by atoms with Crippen molar-refractivity contribution < 1.29 is 34.1 Å². The molecule has 232 valence electrons. The Labute approximate surface area is 262 Å². The maximum absolute atomic E-state index is 13.1. The van der Waals surface area contributed by atoms with Gasteiger partial charge in [0, 0.05) is 12.5 Å². The zero-order valence-electron chi connectivity index (χ0n) is 25.0. The molecule has 5 rings (SSSR count). The van der Waals surface area contributed by atoms with Crippen molar-refractivity contribution in [2.45, 2.75) is 51.2 Å². The van der Waals surface area contributed by atoms with Crippen molar-refractivity contribution in [2.24, 2.45) is 5.92 Å². The monoisotopic (exact) mass is 607 g/mol. The van der Waals surface area contributed by atoms with E-state index in [4.69, 9.17) is 14.6 Å². The highest BCUT2D eigenvalue weighted by atomic mass is 16.5. The van der Waals surface area contributed by atoms with E-state index < -0.39 is 17.8 Å². The second-order valence-electron chi connectivity index (χ2n) is 11.4. The van der Waals surface area contributed by atoms with Crippen molar-refractivity contribution in [3.63, 3.8) is 0 Å². The Balaban J connectivity index is 1.09. The van der Waals surface area contributed by atoms with Gasteiger partial charge < -0.3 is 25.0 Å². The van der Waals surface area contributed by atoms with Gasteiger partial charge in [0.15, 0.2) is 0 Å². The smallest absolute Gasteiger partial charge is 0.335 e. The average molecular weight is 608 g/mol. The van der Waals surface area contributed by atoms with E-state index >= 15 is 0 Å². The Hall–Kier alpha value is -5.11. The Morgan fingerprint density at radius 1 is 0.778 bits per heavy atom. The minimum Gasteiger partial charge on any atom is -0.493 e. The first-order valence-electron chi connectivity index (χ1n) is 15.2. The lowest BCUT2D eigenvalue weighted by atomic mass is 10.0. The molecule has 4 aromatic carbocycles. The van der Waals surface area contributed by atoms with Gasteiger partial charge in [-0.3, -0.25) is 9.59 Å². The van der Waals surface area contributed by atoms with Gasteiger partial charge in [0.25, 0.3) is 5.91 Å². The summed E-state index contributed by atoms with van der Waals surface area (Å²) in [6.07, 6.45) is 3.52. The highest BCUT2D eigenvalue weighted by Gasteiger charge is 2.28. The SMILES string of the molecule is O=C(O)C[C@@H]1CC[C@H](NC(=O)c2cc(C(=O)O)ccc2OCCCc2ccc(OCc3ccc(-c4ccccc4)cc3)cc2)C1.